The smallest absolute Gasteiger partial charge is 0.294 e. The first kappa shape index (κ1) is 18.9. The fourth-order valence-corrected chi connectivity index (χ4v) is 2.66. The van der Waals surface area contributed by atoms with Gasteiger partial charge in [-0.15, -0.1) is 0 Å². The highest BCUT2D eigenvalue weighted by atomic mass is 19.1. The van der Waals surface area contributed by atoms with Crippen LogP contribution in [0.3, 0.4) is 0 Å². The summed E-state index contributed by atoms with van der Waals surface area (Å²) in [6, 6.07) is 11.1. The van der Waals surface area contributed by atoms with Gasteiger partial charge in [-0.25, -0.2) is 9.07 Å². The van der Waals surface area contributed by atoms with E-state index in [9.17, 15) is 24.1 Å². The number of anilines is 1. The van der Waals surface area contributed by atoms with E-state index in [-0.39, 0.29) is 17.1 Å². The van der Waals surface area contributed by atoms with Gasteiger partial charge in [-0.1, -0.05) is 18.2 Å². The van der Waals surface area contributed by atoms with Gasteiger partial charge in [0.1, 0.15) is 11.5 Å². The lowest BCUT2D eigenvalue weighted by Crippen LogP contribution is -2.27. The van der Waals surface area contributed by atoms with Crippen LogP contribution in [0.4, 0.5) is 15.8 Å². The van der Waals surface area contributed by atoms with Crippen LogP contribution >= 0.6 is 0 Å². The second-order valence-corrected chi connectivity index (χ2v) is 6.09. The first-order valence-corrected chi connectivity index (χ1v) is 8.20. The average molecular weight is 382 g/mol. The van der Waals surface area contributed by atoms with E-state index < -0.39 is 27.8 Å². The second-order valence-electron chi connectivity index (χ2n) is 6.09. The van der Waals surface area contributed by atoms with Crippen LogP contribution in [0.1, 0.15) is 21.7 Å². The van der Waals surface area contributed by atoms with E-state index in [0.29, 0.717) is 11.3 Å². The molecule has 9 heteroatoms. The Morgan fingerprint density at radius 2 is 1.89 bits per heavy atom. The normalized spacial score (nSPS) is 10.5. The maximum absolute atomic E-state index is 13.9. The zero-order valence-electron chi connectivity index (χ0n) is 15.0. The molecule has 142 valence electrons. The summed E-state index contributed by atoms with van der Waals surface area (Å²) in [5, 5.41) is 17.6. The van der Waals surface area contributed by atoms with Crippen molar-refractivity contribution in [3.8, 4) is 5.69 Å². The van der Waals surface area contributed by atoms with Gasteiger partial charge in [0, 0.05) is 17.8 Å². The summed E-state index contributed by atoms with van der Waals surface area (Å²) in [5.41, 5.74) is -0.409. The van der Waals surface area contributed by atoms with Crippen molar-refractivity contribution in [2.45, 2.75) is 13.8 Å². The number of aryl methyl sites for hydroxylation is 2. The second kappa shape index (κ2) is 7.39. The number of hydrogen-bond donors (Lipinski definition) is 1. The third-order valence-corrected chi connectivity index (χ3v) is 4.00. The monoisotopic (exact) mass is 382 g/mol. The molecule has 1 N–H and O–H groups in total. The standard InChI is InChI=1S/C19H15FN4O4/c1-11-7-8-13(20)14(9-11)21-19(26)18-17(25)10-12(2)23(22-18)15-5-3-4-6-16(15)24(27)28/h3-10H,1-2H3,(H,21,26). The van der Waals surface area contributed by atoms with Gasteiger partial charge in [-0.05, 0) is 37.6 Å². The first-order chi connectivity index (χ1) is 13.3. The molecule has 0 atom stereocenters. The van der Waals surface area contributed by atoms with Gasteiger partial charge >= 0.3 is 0 Å². The minimum absolute atomic E-state index is 0.0935. The molecule has 3 aromatic rings. The van der Waals surface area contributed by atoms with Gasteiger partial charge < -0.3 is 5.32 Å². The molecule has 8 nitrogen and oxygen atoms in total. The topological polar surface area (TPSA) is 107 Å². The minimum atomic E-state index is -0.915. The first-order valence-electron chi connectivity index (χ1n) is 8.20. The van der Waals surface area contributed by atoms with E-state index in [4.69, 9.17) is 0 Å². The minimum Gasteiger partial charge on any atom is -0.318 e. The number of aromatic nitrogens is 2. The van der Waals surface area contributed by atoms with E-state index in [1.54, 1.807) is 13.0 Å². The molecule has 28 heavy (non-hydrogen) atoms. The third-order valence-electron chi connectivity index (χ3n) is 4.00. The largest absolute Gasteiger partial charge is 0.318 e. The SMILES string of the molecule is Cc1ccc(F)c(NC(=O)c2nn(-c3ccccc3[N+](=O)[O-])c(C)cc2=O)c1. The molecular weight excluding hydrogens is 367 g/mol. The van der Waals surface area contributed by atoms with Crippen molar-refractivity contribution in [1.82, 2.24) is 9.78 Å². The van der Waals surface area contributed by atoms with Gasteiger partial charge in [-0.2, -0.15) is 5.10 Å². The fourth-order valence-electron chi connectivity index (χ4n) is 2.66. The van der Waals surface area contributed by atoms with Crippen LogP contribution in [0.5, 0.6) is 0 Å². The van der Waals surface area contributed by atoms with Crippen LogP contribution in [-0.4, -0.2) is 20.6 Å². The van der Waals surface area contributed by atoms with E-state index in [2.05, 4.69) is 10.4 Å². The Morgan fingerprint density at radius 3 is 2.61 bits per heavy atom. The van der Waals surface area contributed by atoms with Crippen LogP contribution < -0.4 is 10.7 Å². The van der Waals surface area contributed by atoms with Crippen LogP contribution in [0.25, 0.3) is 5.69 Å². The van der Waals surface area contributed by atoms with Gasteiger partial charge in [0.15, 0.2) is 5.69 Å². The van der Waals surface area contributed by atoms with Crippen molar-refractivity contribution >= 4 is 17.3 Å². The maximum atomic E-state index is 13.9. The lowest BCUT2D eigenvalue weighted by Gasteiger charge is -2.12. The average Bonchev–Trinajstić information content (AvgIpc) is 2.64. The number of amides is 1. The van der Waals surface area contributed by atoms with Gasteiger partial charge in [0.25, 0.3) is 11.6 Å². The molecule has 1 aromatic heterocycles. The highest BCUT2D eigenvalue weighted by Crippen LogP contribution is 2.22. The summed E-state index contributed by atoms with van der Waals surface area (Å²) in [6.07, 6.45) is 0. The number of nitrogens with zero attached hydrogens (tertiary/aromatic N) is 3. The zero-order chi connectivity index (χ0) is 20.4. The van der Waals surface area contributed by atoms with Crippen molar-refractivity contribution < 1.29 is 14.1 Å². The Labute approximate surface area is 158 Å². The number of halogens is 1. The molecule has 0 spiro atoms. The summed E-state index contributed by atoms with van der Waals surface area (Å²) in [4.78, 5) is 35.5. The molecule has 2 aromatic carbocycles. The molecular formula is C19H15FN4O4. The van der Waals surface area contributed by atoms with Crippen molar-refractivity contribution in [2.75, 3.05) is 5.32 Å². The maximum Gasteiger partial charge on any atom is 0.294 e. The molecule has 0 fully saturated rings. The Morgan fingerprint density at radius 1 is 1.18 bits per heavy atom. The molecule has 0 aliphatic carbocycles. The number of rotatable bonds is 4. The van der Waals surface area contributed by atoms with E-state index >= 15 is 0 Å². The molecule has 0 saturated carbocycles. The molecule has 0 aliphatic heterocycles. The Hall–Kier alpha value is -3.88. The van der Waals surface area contributed by atoms with E-state index in [1.165, 1.54) is 43.3 Å². The third kappa shape index (κ3) is 3.63. The van der Waals surface area contributed by atoms with Crippen molar-refractivity contribution in [2.24, 2.45) is 0 Å². The highest BCUT2D eigenvalue weighted by molar-refractivity contribution is 6.02. The number of benzene rings is 2. The van der Waals surface area contributed by atoms with Crippen molar-refractivity contribution in [1.29, 1.82) is 0 Å². The highest BCUT2D eigenvalue weighted by Gasteiger charge is 2.20. The predicted octanol–water partition coefficient (Wildman–Crippen LogP) is 3.15. The summed E-state index contributed by atoms with van der Waals surface area (Å²) in [6.45, 7) is 3.26. The number of carbonyl (C=O) groups is 1. The molecule has 0 saturated heterocycles. The summed E-state index contributed by atoms with van der Waals surface area (Å²) in [5.74, 6) is -1.58. The molecule has 3 rings (SSSR count). The number of nitrogens with one attached hydrogen (secondary N) is 1. The zero-order valence-corrected chi connectivity index (χ0v) is 15.0. The molecule has 0 bridgehead atoms. The molecule has 0 radical (unpaired) electrons. The number of nitro benzene ring substituents is 1. The molecule has 0 unspecified atom stereocenters. The lowest BCUT2D eigenvalue weighted by atomic mass is 10.2. The van der Waals surface area contributed by atoms with E-state index in [0.717, 1.165) is 10.7 Å². The van der Waals surface area contributed by atoms with Crippen LogP contribution in [0, 0.1) is 29.8 Å². The lowest BCUT2D eigenvalue weighted by molar-refractivity contribution is -0.384. The Kier molecular flexibility index (Phi) is 4.99. The van der Waals surface area contributed by atoms with Crippen LogP contribution in [0.2, 0.25) is 0 Å². The number of nitro groups is 1. The van der Waals surface area contributed by atoms with Crippen LogP contribution in [0.15, 0.2) is 53.3 Å². The fraction of sp³-hybridized carbons (Fsp3) is 0.105. The van der Waals surface area contributed by atoms with Crippen molar-refractivity contribution in [3.63, 3.8) is 0 Å². The number of para-hydroxylation sites is 2. The Balaban J connectivity index is 2.08. The quantitative estimate of drug-likeness (QED) is 0.551. The predicted molar refractivity (Wildman–Crippen MR) is 100 cm³/mol. The van der Waals surface area contributed by atoms with Crippen molar-refractivity contribution in [3.05, 3.63) is 91.6 Å². The van der Waals surface area contributed by atoms with E-state index in [1.807, 2.05) is 0 Å². The van der Waals surface area contributed by atoms with Crippen LogP contribution in [-0.2, 0) is 0 Å². The molecule has 1 amide bonds. The molecule has 1 heterocycles. The number of hydrogen-bond acceptors (Lipinski definition) is 5. The summed E-state index contributed by atoms with van der Waals surface area (Å²) in [7, 11) is 0. The van der Waals surface area contributed by atoms with Gasteiger partial charge in [0.2, 0.25) is 5.43 Å². The van der Waals surface area contributed by atoms with Gasteiger partial charge in [-0.3, -0.25) is 19.7 Å². The summed E-state index contributed by atoms with van der Waals surface area (Å²) >= 11 is 0. The Bertz CT molecular complexity index is 1160. The number of carbonyl (C=O) groups excluding carboxylic acids is 1. The van der Waals surface area contributed by atoms with Gasteiger partial charge in [0.05, 0.1) is 10.6 Å². The molecule has 0 aliphatic rings. The summed E-state index contributed by atoms with van der Waals surface area (Å²) < 4.78 is 15.0.